The first-order valence-corrected chi connectivity index (χ1v) is 10.2. The van der Waals surface area contributed by atoms with Gasteiger partial charge in [0.2, 0.25) is 0 Å². The van der Waals surface area contributed by atoms with E-state index in [9.17, 15) is 0 Å². The molecular weight excluding hydrogens is 346 g/mol. The number of hydrogen-bond acceptors (Lipinski definition) is 5. The molecule has 2 aromatic heterocycles. The number of aliphatic imine (C=N–C) groups is 1. The highest BCUT2D eigenvalue weighted by molar-refractivity contribution is 7.09. The van der Waals surface area contributed by atoms with Gasteiger partial charge in [-0.1, -0.05) is 13.8 Å². The van der Waals surface area contributed by atoms with Gasteiger partial charge in [0.15, 0.2) is 5.96 Å². The molecule has 3 heterocycles. The number of thiazole rings is 1. The summed E-state index contributed by atoms with van der Waals surface area (Å²) in [5.41, 5.74) is 1.06. The Balaban J connectivity index is 1.54. The predicted molar refractivity (Wildman–Crippen MR) is 107 cm³/mol. The summed E-state index contributed by atoms with van der Waals surface area (Å²) in [5, 5.41) is 10.1. The van der Waals surface area contributed by atoms with Gasteiger partial charge in [-0.2, -0.15) is 0 Å². The Morgan fingerprint density at radius 1 is 1.35 bits per heavy atom. The standard InChI is InChI=1S/C19H29N5OS/c1-14(2)18-23-15(13-26-18)11-21-19(20-3)22-12-16(17-7-6-10-25-17)24-8-4-5-9-24/h6-7,10,13-14,16H,4-5,8-9,11-12H2,1-3H3,(H2,20,21,22). The minimum atomic E-state index is 0.234. The van der Waals surface area contributed by atoms with Crippen LogP contribution in [0.4, 0.5) is 0 Å². The molecule has 1 unspecified atom stereocenters. The van der Waals surface area contributed by atoms with Crippen LogP contribution in [0.5, 0.6) is 0 Å². The van der Waals surface area contributed by atoms with Gasteiger partial charge in [-0.05, 0) is 38.1 Å². The SMILES string of the molecule is CN=C(NCc1csc(C(C)C)n1)NCC(c1ccco1)N1CCCC1. The van der Waals surface area contributed by atoms with Gasteiger partial charge in [-0.3, -0.25) is 9.89 Å². The van der Waals surface area contributed by atoms with Crippen LogP contribution >= 0.6 is 11.3 Å². The fourth-order valence-electron chi connectivity index (χ4n) is 3.20. The van der Waals surface area contributed by atoms with Gasteiger partial charge in [-0.25, -0.2) is 4.98 Å². The van der Waals surface area contributed by atoms with Gasteiger partial charge in [0.05, 0.1) is 29.6 Å². The molecule has 1 fully saturated rings. The first-order chi connectivity index (χ1) is 12.7. The molecule has 0 saturated carbocycles. The molecule has 2 aromatic rings. The van der Waals surface area contributed by atoms with E-state index in [1.807, 2.05) is 6.07 Å². The highest BCUT2D eigenvalue weighted by Crippen LogP contribution is 2.24. The molecule has 0 bridgehead atoms. The number of aromatic nitrogens is 1. The second-order valence-corrected chi connectivity index (χ2v) is 7.80. The number of guanidine groups is 1. The van der Waals surface area contributed by atoms with Crippen LogP contribution in [-0.2, 0) is 6.54 Å². The van der Waals surface area contributed by atoms with Gasteiger partial charge in [0, 0.05) is 24.9 Å². The second kappa shape index (κ2) is 9.19. The lowest BCUT2D eigenvalue weighted by atomic mass is 10.2. The summed E-state index contributed by atoms with van der Waals surface area (Å²) in [6.45, 7) is 8.03. The molecule has 1 atom stereocenters. The van der Waals surface area contributed by atoms with Gasteiger partial charge in [0.1, 0.15) is 5.76 Å². The number of nitrogens with one attached hydrogen (secondary N) is 2. The van der Waals surface area contributed by atoms with Crippen molar-refractivity contribution in [3.05, 3.63) is 40.2 Å². The zero-order valence-electron chi connectivity index (χ0n) is 15.9. The number of hydrogen-bond donors (Lipinski definition) is 2. The zero-order chi connectivity index (χ0) is 18.4. The molecule has 0 radical (unpaired) electrons. The maximum Gasteiger partial charge on any atom is 0.191 e. The van der Waals surface area contributed by atoms with Crippen molar-refractivity contribution in [1.82, 2.24) is 20.5 Å². The highest BCUT2D eigenvalue weighted by Gasteiger charge is 2.25. The van der Waals surface area contributed by atoms with Crippen LogP contribution in [0.3, 0.4) is 0 Å². The summed E-state index contributed by atoms with van der Waals surface area (Å²) >= 11 is 1.72. The second-order valence-electron chi connectivity index (χ2n) is 6.91. The van der Waals surface area contributed by atoms with Crippen molar-refractivity contribution in [3.63, 3.8) is 0 Å². The van der Waals surface area contributed by atoms with Gasteiger partial charge in [-0.15, -0.1) is 11.3 Å². The lowest BCUT2D eigenvalue weighted by Gasteiger charge is -2.26. The molecule has 1 saturated heterocycles. The van der Waals surface area contributed by atoms with Crippen molar-refractivity contribution >= 4 is 17.3 Å². The molecule has 7 heteroatoms. The van der Waals surface area contributed by atoms with E-state index in [1.165, 1.54) is 17.8 Å². The van der Waals surface area contributed by atoms with Crippen LogP contribution in [0.25, 0.3) is 0 Å². The average molecular weight is 376 g/mol. The Morgan fingerprint density at radius 3 is 2.77 bits per heavy atom. The number of likely N-dealkylation sites (tertiary alicyclic amines) is 1. The summed E-state index contributed by atoms with van der Waals surface area (Å²) in [7, 11) is 1.80. The quantitative estimate of drug-likeness (QED) is 0.574. The highest BCUT2D eigenvalue weighted by atomic mass is 32.1. The van der Waals surface area contributed by atoms with E-state index in [0.717, 1.165) is 37.0 Å². The lowest BCUT2D eigenvalue weighted by Crippen LogP contribution is -2.42. The lowest BCUT2D eigenvalue weighted by molar-refractivity contribution is 0.215. The molecule has 6 nitrogen and oxygen atoms in total. The molecule has 26 heavy (non-hydrogen) atoms. The monoisotopic (exact) mass is 375 g/mol. The van der Waals surface area contributed by atoms with Crippen molar-refractivity contribution in [2.75, 3.05) is 26.7 Å². The van der Waals surface area contributed by atoms with E-state index < -0.39 is 0 Å². The van der Waals surface area contributed by atoms with Crippen LogP contribution in [0.1, 0.15) is 55.1 Å². The Hall–Kier alpha value is -1.86. The van der Waals surface area contributed by atoms with Crippen LogP contribution < -0.4 is 10.6 Å². The number of furan rings is 1. The van der Waals surface area contributed by atoms with Crippen LogP contribution in [-0.4, -0.2) is 42.5 Å². The molecule has 3 rings (SSSR count). The summed E-state index contributed by atoms with van der Waals surface area (Å²) < 4.78 is 5.68. The topological polar surface area (TPSA) is 65.7 Å². The first-order valence-electron chi connectivity index (χ1n) is 9.33. The molecule has 142 valence electrons. The van der Waals surface area contributed by atoms with E-state index in [1.54, 1.807) is 24.6 Å². The molecule has 1 aliphatic rings. The molecule has 1 aliphatic heterocycles. The maximum atomic E-state index is 5.68. The molecular formula is C19H29N5OS. The van der Waals surface area contributed by atoms with E-state index >= 15 is 0 Å². The van der Waals surface area contributed by atoms with Gasteiger partial charge < -0.3 is 15.1 Å². The fourth-order valence-corrected chi connectivity index (χ4v) is 4.04. The van der Waals surface area contributed by atoms with Gasteiger partial charge >= 0.3 is 0 Å². The van der Waals surface area contributed by atoms with Crippen molar-refractivity contribution in [3.8, 4) is 0 Å². The Labute approximate surface area is 159 Å². The minimum Gasteiger partial charge on any atom is -0.468 e. The molecule has 0 aromatic carbocycles. The first kappa shape index (κ1) is 18.9. The Bertz CT molecular complexity index is 689. The molecule has 2 N–H and O–H groups in total. The zero-order valence-corrected chi connectivity index (χ0v) is 16.7. The largest absolute Gasteiger partial charge is 0.468 e. The number of rotatable bonds is 7. The summed E-state index contributed by atoms with van der Waals surface area (Å²) in [6.07, 6.45) is 4.26. The molecule has 0 spiro atoms. The van der Waals surface area contributed by atoms with E-state index in [-0.39, 0.29) is 6.04 Å². The normalized spacial score (nSPS) is 17.0. The van der Waals surface area contributed by atoms with Crippen LogP contribution in [0.2, 0.25) is 0 Å². The van der Waals surface area contributed by atoms with E-state index in [4.69, 9.17) is 4.42 Å². The van der Waals surface area contributed by atoms with Crippen molar-refractivity contribution in [1.29, 1.82) is 0 Å². The Kier molecular flexibility index (Phi) is 6.68. The van der Waals surface area contributed by atoms with Crippen molar-refractivity contribution in [2.24, 2.45) is 4.99 Å². The third-order valence-corrected chi connectivity index (χ3v) is 5.83. The van der Waals surface area contributed by atoms with E-state index in [0.29, 0.717) is 12.5 Å². The minimum absolute atomic E-state index is 0.234. The van der Waals surface area contributed by atoms with Crippen molar-refractivity contribution in [2.45, 2.75) is 45.2 Å². The Morgan fingerprint density at radius 2 is 2.15 bits per heavy atom. The third kappa shape index (κ3) is 4.86. The van der Waals surface area contributed by atoms with Gasteiger partial charge in [0.25, 0.3) is 0 Å². The average Bonchev–Trinajstić information content (AvgIpc) is 3.40. The smallest absolute Gasteiger partial charge is 0.191 e. The fraction of sp³-hybridized carbons (Fsp3) is 0.579. The van der Waals surface area contributed by atoms with E-state index in [2.05, 4.69) is 50.8 Å². The third-order valence-electron chi connectivity index (χ3n) is 4.64. The predicted octanol–water partition coefficient (Wildman–Crippen LogP) is 3.36. The maximum absolute atomic E-state index is 5.68. The van der Waals surface area contributed by atoms with Crippen molar-refractivity contribution < 1.29 is 4.42 Å². The molecule has 0 amide bonds. The molecule has 0 aliphatic carbocycles. The number of nitrogens with zero attached hydrogens (tertiary/aromatic N) is 3. The van der Waals surface area contributed by atoms with Crippen LogP contribution in [0.15, 0.2) is 33.2 Å². The van der Waals surface area contributed by atoms with Crippen LogP contribution in [0, 0.1) is 0 Å². The summed E-state index contributed by atoms with van der Waals surface area (Å²) in [4.78, 5) is 11.5. The summed E-state index contributed by atoms with van der Waals surface area (Å²) in [6, 6.07) is 4.25. The summed E-state index contributed by atoms with van der Waals surface area (Å²) in [5.74, 6) is 2.27.